The van der Waals surface area contributed by atoms with Crippen LogP contribution in [-0.4, -0.2) is 31.1 Å². The minimum atomic E-state index is -0.566. The van der Waals surface area contributed by atoms with E-state index in [4.69, 9.17) is 21.1 Å². The van der Waals surface area contributed by atoms with Gasteiger partial charge in [0.05, 0.1) is 30.1 Å². The molecule has 0 aromatic heterocycles. The third-order valence-corrected chi connectivity index (χ3v) is 6.14. The molecule has 0 saturated heterocycles. The highest BCUT2D eigenvalue weighted by atomic mass is 79.9. The Bertz CT molecular complexity index is 1540. The number of esters is 1. The first-order chi connectivity index (χ1) is 18.8. The van der Waals surface area contributed by atoms with Gasteiger partial charge in [0, 0.05) is 20.6 Å². The molecule has 0 radical (unpaired) electrons. The summed E-state index contributed by atoms with van der Waals surface area (Å²) in [5, 5.41) is 7.27. The molecule has 39 heavy (non-hydrogen) atoms. The predicted octanol–water partition coefficient (Wildman–Crippen LogP) is 6.35. The molecule has 10 heteroatoms. The fraction of sp³-hybridized carbons (Fsp3) is 0.0345. The SMILES string of the molecule is COc1ccc(C(=O)Oc2ccc(Br)cc2/C=N\NC(=O)c2ccccc2NC(=O)c2ccc(Cl)cc2)cc1. The molecule has 0 saturated carbocycles. The number of carbonyl (C=O) groups is 3. The number of hydrazone groups is 1. The Morgan fingerprint density at radius 2 is 1.56 bits per heavy atom. The van der Waals surface area contributed by atoms with Crippen molar-refractivity contribution < 1.29 is 23.9 Å². The van der Waals surface area contributed by atoms with E-state index in [1.807, 2.05) is 0 Å². The number of carbonyl (C=O) groups excluding carboxylic acids is 3. The molecule has 4 aromatic carbocycles. The van der Waals surface area contributed by atoms with Crippen LogP contribution in [0.2, 0.25) is 5.02 Å². The summed E-state index contributed by atoms with van der Waals surface area (Å²) in [5.41, 5.74) is 4.13. The molecule has 0 aliphatic carbocycles. The maximum atomic E-state index is 12.9. The summed E-state index contributed by atoms with van der Waals surface area (Å²) in [7, 11) is 1.54. The zero-order valence-electron chi connectivity index (χ0n) is 20.5. The second-order valence-corrected chi connectivity index (χ2v) is 9.36. The number of hydrogen-bond acceptors (Lipinski definition) is 6. The van der Waals surface area contributed by atoms with Gasteiger partial charge in [-0.2, -0.15) is 5.10 Å². The highest BCUT2D eigenvalue weighted by molar-refractivity contribution is 9.10. The summed E-state index contributed by atoms with van der Waals surface area (Å²) < 4.78 is 11.4. The molecule has 4 aromatic rings. The third-order valence-electron chi connectivity index (χ3n) is 5.40. The van der Waals surface area contributed by atoms with Gasteiger partial charge in [-0.05, 0) is 78.9 Å². The van der Waals surface area contributed by atoms with Crippen molar-refractivity contribution >= 4 is 57.2 Å². The van der Waals surface area contributed by atoms with E-state index in [2.05, 4.69) is 31.8 Å². The van der Waals surface area contributed by atoms with Gasteiger partial charge in [0.1, 0.15) is 11.5 Å². The molecule has 0 bridgehead atoms. The molecule has 4 rings (SSSR count). The van der Waals surface area contributed by atoms with Crippen LogP contribution in [0.1, 0.15) is 36.6 Å². The van der Waals surface area contributed by atoms with Crippen LogP contribution in [0.15, 0.2) is 101 Å². The van der Waals surface area contributed by atoms with E-state index in [1.54, 1.807) is 91.0 Å². The van der Waals surface area contributed by atoms with E-state index in [0.717, 1.165) is 4.47 Å². The molecule has 8 nitrogen and oxygen atoms in total. The number of nitrogens with zero attached hydrogens (tertiary/aromatic N) is 1. The molecule has 0 fully saturated rings. The molecule has 0 atom stereocenters. The van der Waals surface area contributed by atoms with Gasteiger partial charge < -0.3 is 14.8 Å². The summed E-state index contributed by atoms with van der Waals surface area (Å²) in [6, 6.07) is 24.4. The van der Waals surface area contributed by atoms with Gasteiger partial charge in [0.2, 0.25) is 0 Å². The second-order valence-electron chi connectivity index (χ2n) is 8.01. The largest absolute Gasteiger partial charge is 0.497 e. The van der Waals surface area contributed by atoms with E-state index in [9.17, 15) is 14.4 Å². The molecule has 0 aliphatic heterocycles. The quantitative estimate of drug-likeness (QED) is 0.105. The first-order valence-electron chi connectivity index (χ1n) is 11.5. The first-order valence-corrected chi connectivity index (χ1v) is 12.7. The maximum Gasteiger partial charge on any atom is 0.343 e. The maximum absolute atomic E-state index is 12.9. The van der Waals surface area contributed by atoms with Crippen molar-refractivity contribution in [2.75, 3.05) is 12.4 Å². The molecule has 0 unspecified atom stereocenters. The van der Waals surface area contributed by atoms with Gasteiger partial charge in [0.15, 0.2) is 0 Å². The molecular weight excluding hydrogens is 586 g/mol. The Balaban J connectivity index is 1.46. The number of ether oxygens (including phenoxy) is 2. The molecule has 2 amide bonds. The summed E-state index contributed by atoms with van der Waals surface area (Å²) in [6.45, 7) is 0. The second kappa shape index (κ2) is 12.9. The lowest BCUT2D eigenvalue weighted by Gasteiger charge is -2.10. The zero-order valence-corrected chi connectivity index (χ0v) is 22.8. The lowest BCUT2D eigenvalue weighted by atomic mass is 10.1. The number of methoxy groups -OCH3 is 1. The average Bonchev–Trinajstić information content (AvgIpc) is 2.95. The van der Waals surface area contributed by atoms with Crippen LogP contribution in [0.3, 0.4) is 0 Å². The summed E-state index contributed by atoms with van der Waals surface area (Å²) in [6.07, 6.45) is 1.36. The minimum Gasteiger partial charge on any atom is -0.497 e. The summed E-state index contributed by atoms with van der Waals surface area (Å²) >= 11 is 9.27. The smallest absolute Gasteiger partial charge is 0.343 e. The number of nitrogens with one attached hydrogen (secondary N) is 2. The van der Waals surface area contributed by atoms with Gasteiger partial charge in [-0.15, -0.1) is 0 Å². The van der Waals surface area contributed by atoms with Crippen molar-refractivity contribution in [2.24, 2.45) is 5.10 Å². The molecule has 0 heterocycles. The van der Waals surface area contributed by atoms with Crippen molar-refractivity contribution in [3.05, 3.63) is 123 Å². The number of halogens is 2. The first kappa shape index (κ1) is 27.6. The van der Waals surface area contributed by atoms with Crippen molar-refractivity contribution in [3.8, 4) is 11.5 Å². The standard InChI is InChI=1S/C29H21BrClN3O5/c1-38-23-13-8-19(9-14-23)29(37)39-26-15-10-21(30)16-20(26)17-32-34-28(36)24-4-2-3-5-25(24)33-27(35)18-6-11-22(31)12-7-18/h2-17H,1H3,(H,33,35)(H,34,36)/b32-17-. The van der Waals surface area contributed by atoms with Gasteiger partial charge in [-0.25, -0.2) is 10.2 Å². The summed E-state index contributed by atoms with van der Waals surface area (Å²) in [4.78, 5) is 38.1. The number of rotatable bonds is 8. The number of anilines is 1. The molecule has 196 valence electrons. The number of amides is 2. The topological polar surface area (TPSA) is 106 Å². The van der Waals surface area contributed by atoms with Crippen molar-refractivity contribution in [1.82, 2.24) is 5.43 Å². The lowest BCUT2D eigenvalue weighted by molar-refractivity contribution is 0.0733. The van der Waals surface area contributed by atoms with Crippen LogP contribution < -0.4 is 20.2 Å². The van der Waals surface area contributed by atoms with E-state index in [0.29, 0.717) is 33.1 Å². The van der Waals surface area contributed by atoms with E-state index >= 15 is 0 Å². The predicted molar refractivity (Wildman–Crippen MR) is 153 cm³/mol. The average molecular weight is 607 g/mol. The Morgan fingerprint density at radius 3 is 2.28 bits per heavy atom. The molecule has 2 N–H and O–H groups in total. The van der Waals surface area contributed by atoms with Crippen LogP contribution in [0.4, 0.5) is 5.69 Å². The van der Waals surface area contributed by atoms with Crippen LogP contribution >= 0.6 is 27.5 Å². The van der Waals surface area contributed by atoms with Crippen molar-refractivity contribution in [2.45, 2.75) is 0 Å². The number of benzene rings is 4. The molecule has 0 spiro atoms. The molecule has 0 aliphatic rings. The van der Waals surface area contributed by atoms with Gasteiger partial charge >= 0.3 is 5.97 Å². The van der Waals surface area contributed by atoms with E-state index in [-0.39, 0.29) is 11.3 Å². The fourth-order valence-electron chi connectivity index (χ4n) is 3.41. The normalized spacial score (nSPS) is 10.6. The number of hydrogen-bond donors (Lipinski definition) is 2. The monoisotopic (exact) mass is 605 g/mol. The van der Waals surface area contributed by atoms with Crippen molar-refractivity contribution in [3.63, 3.8) is 0 Å². The van der Waals surface area contributed by atoms with Crippen LogP contribution in [0.5, 0.6) is 11.5 Å². The number of para-hydroxylation sites is 1. The highest BCUT2D eigenvalue weighted by Gasteiger charge is 2.15. The third kappa shape index (κ3) is 7.31. The molecular formula is C29H21BrClN3O5. The van der Waals surface area contributed by atoms with Crippen LogP contribution in [-0.2, 0) is 0 Å². The van der Waals surface area contributed by atoms with E-state index in [1.165, 1.54) is 13.3 Å². The summed E-state index contributed by atoms with van der Waals surface area (Å²) in [5.74, 6) is -0.653. The Kier molecular flexibility index (Phi) is 9.09. The highest BCUT2D eigenvalue weighted by Crippen LogP contribution is 2.24. The zero-order chi connectivity index (χ0) is 27.8. The Hall–Kier alpha value is -4.47. The van der Waals surface area contributed by atoms with Gasteiger partial charge in [-0.3, -0.25) is 9.59 Å². The van der Waals surface area contributed by atoms with Crippen molar-refractivity contribution in [1.29, 1.82) is 0 Å². The Morgan fingerprint density at radius 1 is 0.872 bits per heavy atom. The van der Waals surface area contributed by atoms with Crippen LogP contribution in [0.25, 0.3) is 0 Å². The van der Waals surface area contributed by atoms with Crippen LogP contribution in [0, 0.1) is 0 Å². The Labute approximate surface area is 237 Å². The lowest BCUT2D eigenvalue weighted by Crippen LogP contribution is -2.21. The van der Waals surface area contributed by atoms with Gasteiger partial charge in [-0.1, -0.05) is 39.7 Å². The van der Waals surface area contributed by atoms with E-state index < -0.39 is 17.8 Å². The minimum absolute atomic E-state index is 0.206. The van der Waals surface area contributed by atoms with Gasteiger partial charge in [0.25, 0.3) is 11.8 Å². The fourth-order valence-corrected chi connectivity index (χ4v) is 3.91.